The zero-order chi connectivity index (χ0) is 31.5. The van der Waals surface area contributed by atoms with Crippen molar-refractivity contribution in [1.29, 1.82) is 0 Å². The first-order chi connectivity index (χ1) is 20.4. The molecule has 3 amide bonds. The number of rotatable bonds is 12. The molecule has 1 unspecified atom stereocenters. The molecule has 43 heavy (non-hydrogen) atoms. The van der Waals surface area contributed by atoms with Crippen LogP contribution in [0.4, 0.5) is 32.3 Å². The first-order valence-corrected chi connectivity index (χ1v) is 14.8. The van der Waals surface area contributed by atoms with E-state index < -0.39 is 33.9 Å². The second-order valence-electron chi connectivity index (χ2n) is 9.78. The van der Waals surface area contributed by atoms with Crippen molar-refractivity contribution in [1.82, 2.24) is 14.9 Å². The lowest BCUT2D eigenvalue weighted by atomic mass is 10.1. The van der Waals surface area contributed by atoms with Crippen LogP contribution in [0.3, 0.4) is 0 Å². The number of halogens is 1. The van der Waals surface area contributed by atoms with Crippen molar-refractivity contribution in [3.63, 3.8) is 0 Å². The minimum atomic E-state index is -4.19. The van der Waals surface area contributed by atoms with E-state index in [1.807, 2.05) is 18.7 Å². The fraction of sp³-hybridized carbons (Fsp3) is 0.321. The molecular formula is C28H32FN7O6S. The molecule has 0 spiro atoms. The van der Waals surface area contributed by atoms with Crippen molar-refractivity contribution < 1.29 is 32.3 Å². The predicted octanol–water partition coefficient (Wildman–Crippen LogP) is 2.79. The zero-order valence-corrected chi connectivity index (χ0v) is 24.9. The van der Waals surface area contributed by atoms with E-state index in [-0.39, 0.29) is 41.2 Å². The normalized spacial score (nSPS) is 14.2. The van der Waals surface area contributed by atoms with Crippen LogP contribution < -0.4 is 19.4 Å². The summed E-state index contributed by atoms with van der Waals surface area (Å²) in [6.45, 7) is 4.85. The Bertz CT molecular complexity index is 1620. The highest BCUT2D eigenvalue weighted by Crippen LogP contribution is 2.30. The number of urea groups is 1. The van der Waals surface area contributed by atoms with Gasteiger partial charge < -0.3 is 20.2 Å². The monoisotopic (exact) mass is 613 g/mol. The number of carboxylic acids is 1. The number of hydrogen-bond donors (Lipinski definition) is 2. The van der Waals surface area contributed by atoms with Crippen LogP contribution in [0.25, 0.3) is 0 Å². The number of sulfonamides is 1. The van der Waals surface area contributed by atoms with Crippen molar-refractivity contribution in [2.75, 3.05) is 53.2 Å². The zero-order valence-electron chi connectivity index (χ0n) is 24.1. The number of carboxylic acid groups (broad SMARTS) is 1. The van der Waals surface area contributed by atoms with Gasteiger partial charge in [0.1, 0.15) is 24.1 Å². The van der Waals surface area contributed by atoms with Crippen molar-refractivity contribution >= 4 is 51.1 Å². The summed E-state index contributed by atoms with van der Waals surface area (Å²) >= 11 is 0. The molecule has 1 fully saturated rings. The van der Waals surface area contributed by atoms with E-state index in [0.29, 0.717) is 24.3 Å². The van der Waals surface area contributed by atoms with Crippen molar-refractivity contribution in [2.45, 2.75) is 31.2 Å². The number of benzene rings is 2. The Morgan fingerprint density at radius 1 is 1.09 bits per heavy atom. The van der Waals surface area contributed by atoms with Gasteiger partial charge in [-0.1, -0.05) is 12.1 Å². The number of imide groups is 1. The summed E-state index contributed by atoms with van der Waals surface area (Å²) in [5, 5.41) is 13.0. The number of aliphatic carboxylic acids is 1. The van der Waals surface area contributed by atoms with E-state index in [0.717, 1.165) is 33.5 Å². The Balaban J connectivity index is 1.66. The van der Waals surface area contributed by atoms with E-state index >= 15 is 0 Å². The minimum Gasteiger partial charge on any atom is -0.480 e. The van der Waals surface area contributed by atoms with Crippen LogP contribution >= 0.6 is 0 Å². The highest BCUT2D eigenvalue weighted by molar-refractivity contribution is 7.92. The van der Waals surface area contributed by atoms with Gasteiger partial charge in [-0.15, -0.1) is 0 Å². The average molecular weight is 614 g/mol. The highest BCUT2D eigenvalue weighted by atomic mass is 32.2. The Morgan fingerprint density at radius 2 is 1.72 bits per heavy atom. The topological polar surface area (TPSA) is 156 Å². The first-order valence-electron chi connectivity index (χ1n) is 13.4. The van der Waals surface area contributed by atoms with Gasteiger partial charge in [-0.25, -0.2) is 32.3 Å². The van der Waals surface area contributed by atoms with Crippen molar-refractivity contribution in [2.24, 2.45) is 0 Å². The number of anilines is 4. The number of nitrogens with zero attached hydrogens (tertiary/aromatic N) is 6. The molecule has 0 radical (unpaired) electrons. The molecule has 15 heteroatoms. The molecule has 2 aromatic carbocycles. The summed E-state index contributed by atoms with van der Waals surface area (Å²) in [7, 11) is -1.40. The lowest BCUT2D eigenvalue weighted by molar-refractivity contribution is -0.137. The third-order valence-electron chi connectivity index (χ3n) is 7.00. The molecule has 2 N–H and O–H groups in total. The van der Waals surface area contributed by atoms with Crippen LogP contribution in [-0.4, -0.2) is 86.1 Å². The van der Waals surface area contributed by atoms with Crippen LogP contribution in [-0.2, 0) is 26.0 Å². The Kier molecular flexibility index (Phi) is 9.13. The molecule has 13 nitrogen and oxygen atoms in total. The summed E-state index contributed by atoms with van der Waals surface area (Å²) < 4.78 is 41.1. The second-order valence-corrected chi connectivity index (χ2v) is 11.7. The Labute approximate surface area is 248 Å². The quantitative estimate of drug-likeness (QED) is 0.291. The summed E-state index contributed by atoms with van der Waals surface area (Å²) in [6.07, 6.45) is 1.24. The van der Waals surface area contributed by atoms with Gasteiger partial charge in [0, 0.05) is 33.6 Å². The average Bonchev–Trinajstić information content (AvgIpc) is 3.24. The molecule has 1 aliphatic rings. The third-order valence-corrected chi connectivity index (χ3v) is 8.78. The smallest absolute Gasteiger partial charge is 0.331 e. The Hall–Kier alpha value is -4.79. The number of carbonyl (C=O) groups excluding carboxylic acids is 2. The van der Waals surface area contributed by atoms with Crippen LogP contribution in [0.15, 0.2) is 59.6 Å². The van der Waals surface area contributed by atoms with E-state index in [9.17, 15) is 32.3 Å². The standard InChI is InChI=1S/C28H32FN7O6S/c1-5-35(6-2)27-30-16-23(34(4)43(41,42)21-13-9-19(29)10-14-21)25(32-27)31-22(26(38)39)15-18-7-11-20(12-8-18)36-24(37)17-33(3)28(36)40/h7-14,16,22H,5-6,15,17H2,1-4H3,(H,38,39)(H,30,31,32). The van der Waals surface area contributed by atoms with Gasteiger partial charge in [-0.05, 0) is 55.8 Å². The molecule has 0 aliphatic carbocycles. The molecule has 2 heterocycles. The maximum Gasteiger partial charge on any atom is 0.331 e. The van der Waals surface area contributed by atoms with E-state index in [1.54, 1.807) is 24.3 Å². The summed E-state index contributed by atoms with van der Waals surface area (Å²) in [6, 6.07) is 8.93. The molecule has 4 rings (SSSR count). The van der Waals surface area contributed by atoms with Crippen molar-refractivity contribution in [3.05, 3.63) is 66.1 Å². The van der Waals surface area contributed by atoms with Crippen LogP contribution in [0.1, 0.15) is 19.4 Å². The fourth-order valence-corrected chi connectivity index (χ4v) is 5.70. The van der Waals surface area contributed by atoms with Gasteiger partial charge >= 0.3 is 12.0 Å². The molecule has 1 aliphatic heterocycles. The lowest BCUT2D eigenvalue weighted by Crippen LogP contribution is -2.35. The molecule has 3 aromatic rings. The minimum absolute atomic E-state index is 0.0167. The SMILES string of the molecule is CCN(CC)c1ncc(N(C)S(=O)(=O)c2ccc(F)cc2)c(NC(Cc2ccc(N3C(=O)CN(C)C3=O)cc2)C(=O)O)n1. The van der Waals surface area contributed by atoms with Gasteiger partial charge in [0.05, 0.1) is 16.8 Å². The van der Waals surface area contributed by atoms with Crippen LogP contribution in [0.5, 0.6) is 0 Å². The molecule has 1 saturated heterocycles. The van der Waals surface area contributed by atoms with E-state index in [2.05, 4.69) is 15.3 Å². The van der Waals surface area contributed by atoms with Gasteiger partial charge in [0.15, 0.2) is 5.82 Å². The first kappa shape index (κ1) is 31.2. The summed E-state index contributed by atoms with van der Waals surface area (Å²) in [5.74, 6) is -1.97. The third kappa shape index (κ3) is 6.51. The highest BCUT2D eigenvalue weighted by Gasteiger charge is 2.35. The van der Waals surface area contributed by atoms with Crippen LogP contribution in [0.2, 0.25) is 0 Å². The number of hydrogen-bond acceptors (Lipinski definition) is 9. The number of nitrogens with one attached hydrogen (secondary N) is 1. The molecule has 1 atom stereocenters. The number of amides is 3. The van der Waals surface area contributed by atoms with Gasteiger partial charge in [0.25, 0.3) is 15.9 Å². The molecule has 0 saturated carbocycles. The fourth-order valence-electron chi connectivity index (χ4n) is 4.51. The maximum absolute atomic E-state index is 13.5. The Morgan fingerprint density at radius 3 is 2.26 bits per heavy atom. The molecule has 228 valence electrons. The lowest BCUT2D eigenvalue weighted by Gasteiger charge is -2.26. The number of likely N-dealkylation sites (N-methyl/N-ethyl adjacent to an activating group) is 1. The predicted molar refractivity (Wildman–Crippen MR) is 158 cm³/mol. The molecular weight excluding hydrogens is 581 g/mol. The van der Waals surface area contributed by atoms with Gasteiger partial charge in [0.2, 0.25) is 5.95 Å². The number of aromatic nitrogens is 2. The van der Waals surface area contributed by atoms with E-state index in [1.165, 1.54) is 25.2 Å². The molecule has 1 aromatic heterocycles. The summed E-state index contributed by atoms with van der Waals surface area (Å²) in [5.41, 5.74) is 0.914. The van der Waals surface area contributed by atoms with Gasteiger partial charge in [-0.2, -0.15) is 4.98 Å². The maximum atomic E-state index is 13.5. The number of carbonyl (C=O) groups is 3. The van der Waals surface area contributed by atoms with Crippen LogP contribution in [0, 0.1) is 5.82 Å². The second kappa shape index (κ2) is 12.6. The summed E-state index contributed by atoms with van der Waals surface area (Å²) in [4.78, 5) is 49.7. The largest absolute Gasteiger partial charge is 0.480 e. The van der Waals surface area contributed by atoms with Crippen molar-refractivity contribution in [3.8, 4) is 0 Å². The van der Waals surface area contributed by atoms with Gasteiger partial charge in [-0.3, -0.25) is 9.10 Å². The van der Waals surface area contributed by atoms with E-state index in [4.69, 9.17) is 0 Å². The molecule has 0 bridgehead atoms.